The first-order valence-electron chi connectivity index (χ1n) is 5.63. The molecule has 0 fully saturated rings. The van der Waals surface area contributed by atoms with Crippen molar-refractivity contribution in [1.29, 1.82) is 0 Å². The first-order valence-corrected chi connectivity index (χ1v) is 6.17. The molecule has 0 unspecified atom stereocenters. The summed E-state index contributed by atoms with van der Waals surface area (Å²) in [6.07, 6.45) is 0. The second-order valence-electron chi connectivity index (χ2n) is 4.17. The van der Waals surface area contributed by atoms with E-state index in [0.717, 1.165) is 16.8 Å². The average Bonchev–Trinajstić information content (AvgIpc) is 2.81. The fraction of sp³-hybridized carbons (Fsp3) is 0.214. The Bertz CT molecular complexity index is 575. The largest absolute Gasteiger partial charge is 0.455 e. The molecule has 2 rings (SSSR count). The van der Waals surface area contributed by atoms with Crippen LogP contribution in [0.5, 0.6) is 0 Å². The molecule has 1 aromatic heterocycles. The molecule has 0 aliphatic heterocycles. The Labute approximate surface area is 111 Å². The molecule has 4 heteroatoms. The molecule has 1 amide bonds. The van der Waals surface area contributed by atoms with Gasteiger partial charge >= 0.3 is 0 Å². The van der Waals surface area contributed by atoms with E-state index < -0.39 is 0 Å². The van der Waals surface area contributed by atoms with E-state index in [0.29, 0.717) is 5.76 Å². The molecule has 1 aromatic carbocycles. The van der Waals surface area contributed by atoms with Crippen LogP contribution in [0.2, 0.25) is 0 Å². The number of nitrogens with one attached hydrogen (secondary N) is 1. The number of furan rings is 1. The van der Waals surface area contributed by atoms with Crippen molar-refractivity contribution >= 4 is 23.2 Å². The number of benzene rings is 1. The van der Waals surface area contributed by atoms with Gasteiger partial charge in [0.25, 0.3) is 5.91 Å². The van der Waals surface area contributed by atoms with Gasteiger partial charge in [-0.2, -0.15) is 0 Å². The Hall–Kier alpha value is -1.74. The highest BCUT2D eigenvalue weighted by atomic mass is 35.5. The van der Waals surface area contributed by atoms with Crippen LogP contribution in [0.15, 0.2) is 34.7 Å². The predicted octanol–water partition coefficient (Wildman–Crippen LogP) is 3.89. The third-order valence-electron chi connectivity index (χ3n) is 2.65. The van der Waals surface area contributed by atoms with Crippen LogP contribution in [-0.2, 0) is 5.88 Å². The zero-order valence-corrected chi connectivity index (χ0v) is 11.0. The summed E-state index contributed by atoms with van der Waals surface area (Å²) in [5.74, 6) is 0.850. The molecule has 0 aliphatic rings. The van der Waals surface area contributed by atoms with Crippen LogP contribution >= 0.6 is 11.6 Å². The summed E-state index contributed by atoms with van der Waals surface area (Å²) in [7, 11) is 0. The minimum atomic E-state index is -0.265. The highest BCUT2D eigenvalue weighted by Crippen LogP contribution is 2.18. The first-order chi connectivity index (χ1) is 8.60. The van der Waals surface area contributed by atoms with Gasteiger partial charge in [0.15, 0.2) is 5.76 Å². The van der Waals surface area contributed by atoms with Gasteiger partial charge in [-0.05, 0) is 37.6 Å². The van der Waals surface area contributed by atoms with Crippen molar-refractivity contribution in [3.8, 4) is 0 Å². The van der Waals surface area contributed by atoms with Gasteiger partial charge in [0.1, 0.15) is 5.76 Å². The molecule has 0 aliphatic carbocycles. The molecule has 0 spiro atoms. The summed E-state index contributed by atoms with van der Waals surface area (Å²) in [6.45, 7) is 3.97. The van der Waals surface area contributed by atoms with E-state index in [4.69, 9.17) is 16.0 Å². The molecule has 1 heterocycles. The van der Waals surface area contributed by atoms with Crippen molar-refractivity contribution in [2.24, 2.45) is 0 Å². The molecule has 0 bridgehead atoms. The van der Waals surface area contributed by atoms with Crippen molar-refractivity contribution in [3.63, 3.8) is 0 Å². The van der Waals surface area contributed by atoms with Crippen LogP contribution in [0.4, 0.5) is 5.69 Å². The van der Waals surface area contributed by atoms with Crippen molar-refractivity contribution in [3.05, 3.63) is 53.0 Å². The fourth-order valence-corrected chi connectivity index (χ4v) is 1.85. The quantitative estimate of drug-likeness (QED) is 0.854. The molecule has 3 nitrogen and oxygen atoms in total. The van der Waals surface area contributed by atoms with E-state index in [9.17, 15) is 4.79 Å². The van der Waals surface area contributed by atoms with E-state index in [1.165, 1.54) is 0 Å². The summed E-state index contributed by atoms with van der Waals surface area (Å²) < 4.78 is 5.29. The van der Waals surface area contributed by atoms with Gasteiger partial charge < -0.3 is 9.73 Å². The third-order valence-corrected chi connectivity index (χ3v) is 2.91. The predicted molar refractivity (Wildman–Crippen MR) is 72.1 cm³/mol. The Morgan fingerprint density at radius 3 is 2.67 bits per heavy atom. The van der Waals surface area contributed by atoms with Crippen molar-refractivity contribution in [2.75, 3.05) is 5.32 Å². The number of anilines is 1. The Morgan fingerprint density at radius 2 is 2.06 bits per heavy atom. The lowest BCUT2D eigenvalue weighted by Crippen LogP contribution is -2.11. The van der Waals surface area contributed by atoms with Gasteiger partial charge in [-0.1, -0.05) is 17.7 Å². The Morgan fingerprint density at radius 1 is 1.28 bits per heavy atom. The van der Waals surface area contributed by atoms with Crippen molar-refractivity contribution in [2.45, 2.75) is 19.7 Å². The highest BCUT2D eigenvalue weighted by Gasteiger charge is 2.12. The maximum absolute atomic E-state index is 11.9. The zero-order valence-electron chi connectivity index (χ0n) is 10.3. The van der Waals surface area contributed by atoms with Crippen LogP contribution in [0.25, 0.3) is 0 Å². The van der Waals surface area contributed by atoms with Crippen molar-refractivity contribution in [1.82, 2.24) is 0 Å². The second-order valence-corrected chi connectivity index (χ2v) is 4.44. The molecule has 2 aromatic rings. The maximum Gasteiger partial charge on any atom is 0.291 e. The smallest absolute Gasteiger partial charge is 0.291 e. The number of alkyl halides is 1. The summed E-state index contributed by atoms with van der Waals surface area (Å²) >= 11 is 5.62. The van der Waals surface area contributed by atoms with Gasteiger partial charge in [0.2, 0.25) is 0 Å². The molecule has 94 valence electrons. The molecule has 0 saturated carbocycles. The van der Waals surface area contributed by atoms with E-state index in [2.05, 4.69) is 5.32 Å². The molecule has 0 atom stereocenters. The number of rotatable bonds is 3. The number of hydrogen-bond donors (Lipinski definition) is 1. The van der Waals surface area contributed by atoms with E-state index >= 15 is 0 Å². The van der Waals surface area contributed by atoms with Crippen molar-refractivity contribution < 1.29 is 9.21 Å². The van der Waals surface area contributed by atoms with Crippen LogP contribution in [0.3, 0.4) is 0 Å². The summed E-state index contributed by atoms with van der Waals surface area (Å²) in [5, 5.41) is 2.82. The number of carbonyl (C=O) groups is 1. The van der Waals surface area contributed by atoms with E-state index in [-0.39, 0.29) is 17.5 Å². The summed E-state index contributed by atoms with van der Waals surface area (Å²) in [4.78, 5) is 11.9. The van der Waals surface area contributed by atoms with E-state index in [1.807, 2.05) is 32.0 Å². The lowest BCUT2D eigenvalue weighted by Gasteiger charge is -2.07. The Balaban J connectivity index is 2.16. The van der Waals surface area contributed by atoms with Gasteiger partial charge in [-0.25, -0.2) is 0 Å². The summed E-state index contributed by atoms with van der Waals surface area (Å²) in [6, 6.07) is 9.17. The van der Waals surface area contributed by atoms with Crippen LogP contribution in [-0.4, -0.2) is 5.91 Å². The SMILES string of the molecule is Cc1ccc(NC(=O)c2ccc(CCl)o2)c(C)c1. The molecule has 1 N–H and O–H groups in total. The minimum Gasteiger partial charge on any atom is -0.455 e. The van der Waals surface area contributed by atoms with Gasteiger partial charge in [0, 0.05) is 5.69 Å². The average molecular weight is 264 g/mol. The minimum absolute atomic E-state index is 0.261. The normalized spacial score (nSPS) is 10.4. The molecule has 0 saturated heterocycles. The lowest BCUT2D eigenvalue weighted by molar-refractivity contribution is 0.0995. The van der Waals surface area contributed by atoms with Crippen LogP contribution in [0, 0.1) is 13.8 Å². The van der Waals surface area contributed by atoms with E-state index in [1.54, 1.807) is 12.1 Å². The Kier molecular flexibility index (Phi) is 3.72. The number of hydrogen-bond acceptors (Lipinski definition) is 2. The third kappa shape index (κ3) is 2.74. The lowest BCUT2D eigenvalue weighted by atomic mass is 10.1. The molecular weight excluding hydrogens is 250 g/mol. The zero-order chi connectivity index (χ0) is 13.1. The first kappa shape index (κ1) is 12.7. The summed E-state index contributed by atoms with van der Waals surface area (Å²) in [5.41, 5.74) is 2.97. The fourth-order valence-electron chi connectivity index (χ4n) is 1.71. The molecule has 0 radical (unpaired) electrons. The molecular formula is C14H14ClNO2. The standard InChI is InChI=1S/C14H14ClNO2/c1-9-3-5-12(10(2)7-9)16-14(17)13-6-4-11(8-15)18-13/h3-7H,8H2,1-2H3,(H,16,17). The molecule has 18 heavy (non-hydrogen) atoms. The van der Waals surface area contributed by atoms with Crippen LogP contribution in [0.1, 0.15) is 27.4 Å². The number of aryl methyl sites for hydroxylation is 2. The number of amides is 1. The number of halogens is 1. The second kappa shape index (κ2) is 5.27. The van der Waals surface area contributed by atoms with Gasteiger partial charge in [0.05, 0.1) is 5.88 Å². The monoisotopic (exact) mass is 263 g/mol. The number of carbonyl (C=O) groups excluding carboxylic acids is 1. The topological polar surface area (TPSA) is 42.2 Å². The maximum atomic E-state index is 11.9. The van der Waals surface area contributed by atoms with Gasteiger partial charge in [-0.3, -0.25) is 4.79 Å². The highest BCUT2D eigenvalue weighted by molar-refractivity contribution is 6.16. The van der Waals surface area contributed by atoms with Gasteiger partial charge in [-0.15, -0.1) is 11.6 Å². The van der Waals surface area contributed by atoms with Crippen LogP contribution < -0.4 is 5.32 Å².